The van der Waals surface area contributed by atoms with Gasteiger partial charge in [0.15, 0.2) is 0 Å². The Kier molecular flexibility index (Phi) is 3.19. The number of halogens is 1. The van der Waals surface area contributed by atoms with Gasteiger partial charge in [-0.2, -0.15) is 4.73 Å². The van der Waals surface area contributed by atoms with Crippen molar-refractivity contribution >= 4 is 28.5 Å². The molecule has 0 aliphatic carbocycles. The second-order valence-corrected chi connectivity index (χ2v) is 4.93. The molecule has 6 heteroatoms. The number of fused-ring (bicyclic) bond motifs is 1. The van der Waals surface area contributed by atoms with Gasteiger partial charge in [0, 0.05) is 16.7 Å². The van der Waals surface area contributed by atoms with Gasteiger partial charge in [0.25, 0.3) is 5.91 Å². The maximum absolute atomic E-state index is 12.1. The molecule has 0 unspecified atom stereocenters. The molecular weight excluding hydrogens is 290 g/mol. The van der Waals surface area contributed by atoms with Gasteiger partial charge in [-0.1, -0.05) is 29.8 Å². The minimum Gasteiger partial charge on any atom is -0.618 e. The number of aromatic nitrogens is 2. The number of carbonyl (C=O) groups excluding carboxylic acids is 1. The number of nitrogens with two attached hydrogens (primary N) is 1. The van der Waals surface area contributed by atoms with Crippen LogP contribution < -0.4 is 10.5 Å². The summed E-state index contributed by atoms with van der Waals surface area (Å²) in [6, 6.07) is 11.7. The Hall–Kier alpha value is -2.66. The van der Waals surface area contributed by atoms with Gasteiger partial charge in [0.2, 0.25) is 11.7 Å². The molecule has 1 aromatic heterocycles. The summed E-state index contributed by atoms with van der Waals surface area (Å²) in [5.74, 6) is -0.624. The molecule has 0 spiro atoms. The fourth-order valence-electron chi connectivity index (χ4n) is 2.12. The van der Waals surface area contributed by atoms with Crippen LogP contribution in [0.3, 0.4) is 0 Å². The van der Waals surface area contributed by atoms with Gasteiger partial charge in [-0.05, 0) is 18.2 Å². The van der Waals surface area contributed by atoms with Crippen molar-refractivity contribution in [3.63, 3.8) is 0 Å². The summed E-state index contributed by atoms with van der Waals surface area (Å²) in [5.41, 5.74) is 7.30. The lowest BCUT2D eigenvalue weighted by molar-refractivity contribution is -0.576. The van der Waals surface area contributed by atoms with E-state index in [4.69, 9.17) is 17.3 Å². The number of rotatable bonds is 2. The lowest BCUT2D eigenvalue weighted by atomic mass is 10.1. The van der Waals surface area contributed by atoms with Crippen LogP contribution in [-0.2, 0) is 0 Å². The van der Waals surface area contributed by atoms with Crippen molar-refractivity contribution in [3.8, 4) is 11.3 Å². The van der Waals surface area contributed by atoms with Gasteiger partial charge >= 0.3 is 0 Å². The van der Waals surface area contributed by atoms with Crippen LogP contribution in [0.4, 0.5) is 0 Å². The Labute approximate surface area is 125 Å². The molecule has 0 bridgehead atoms. The number of para-hydroxylation sites is 1. The molecule has 1 heterocycles. The lowest BCUT2D eigenvalue weighted by Crippen LogP contribution is -2.28. The van der Waals surface area contributed by atoms with Crippen molar-refractivity contribution in [1.29, 1.82) is 0 Å². The second-order valence-electron chi connectivity index (χ2n) is 4.50. The smallest absolute Gasteiger partial charge is 0.251 e. The molecule has 104 valence electrons. The molecular formula is C15H10ClN3O2. The molecule has 0 atom stereocenters. The maximum Gasteiger partial charge on any atom is 0.251 e. The first-order valence-electron chi connectivity index (χ1n) is 6.15. The van der Waals surface area contributed by atoms with Gasteiger partial charge in [0.05, 0.1) is 5.56 Å². The van der Waals surface area contributed by atoms with E-state index in [2.05, 4.69) is 4.98 Å². The standard InChI is InChI=1S/C15H10ClN3O2/c16-10-6-4-9(5-7-10)12-8-19(21)13-3-1-2-11(15(17)20)14(13)18-12/h1-8H,(H2,17,20). The molecule has 2 aromatic carbocycles. The van der Waals surface area contributed by atoms with Crippen LogP contribution in [0.5, 0.6) is 0 Å². The third kappa shape index (κ3) is 2.39. The van der Waals surface area contributed by atoms with E-state index in [-0.39, 0.29) is 11.1 Å². The Bertz CT molecular complexity index is 847. The number of benzene rings is 2. The summed E-state index contributed by atoms with van der Waals surface area (Å²) in [6.45, 7) is 0. The number of amides is 1. The number of carbonyl (C=O) groups is 1. The lowest BCUT2D eigenvalue weighted by Gasteiger charge is -2.07. The highest BCUT2D eigenvalue weighted by Crippen LogP contribution is 2.22. The van der Waals surface area contributed by atoms with Crippen molar-refractivity contribution in [3.05, 3.63) is 64.5 Å². The quantitative estimate of drug-likeness (QED) is 0.582. The summed E-state index contributed by atoms with van der Waals surface area (Å²) in [7, 11) is 0. The molecule has 0 radical (unpaired) electrons. The Balaban J connectivity index is 2.28. The van der Waals surface area contributed by atoms with Crippen LogP contribution in [0.15, 0.2) is 48.7 Å². The second kappa shape index (κ2) is 5.03. The first-order valence-corrected chi connectivity index (χ1v) is 6.53. The van der Waals surface area contributed by atoms with E-state index in [1.807, 2.05) is 0 Å². The normalized spacial score (nSPS) is 10.7. The van der Waals surface area contributed by atoms with Gasteiger partial charge < -0.3 is 10.9 Å². The highest BCUT2D eigenvalue weighted by atomic mass is 35.5. The minimum absolute atomic E-state index is 0.216. The maximum atomic E-state index is 12.1. The first-order chi connectivity index (χ1) is 10.1. The summed E-state index contributed by atoms with van der Waals surface area (Å²) in [5, 5.41) is 12.7. The summed E-state index contributed by atoms with van der Waals surface area (Å²) >= 11 is 5.84. The number of hydrogen-bond acceptors (Lipinski definition) is 3. The first kappa shape index (κ1) is 13.3. The zero-order valence-corrected chi connectivity index (χ0v) is 11.5. The van der Waals surface area contributed by atoms with E-state index in [0.29, 0.717) is 21.0 Å². The van der Waals surface area contributed by atoms with E-state index >= 15 is 0 Å². The van der Waals surface area contributed by atoms with E-state index in [1.54, 1.807) is 42.5 Å². The molecule has 1 amide bonds. The monoisotopic (exact) mass is 299 g/mol. The molecule has 21 heavy (non-hydrogen) atoms. The van der Waals surface area contributed by atoms with E-state index < -0.39 is 5.91 Å². The zero-order chi connectivity index (χ0) is 15.0. The van der Waals surface area contributed by atoms with Crippen LogP contribution in [0.2, 0.25) is 5.02 Å². The van der Waals surface area contributed by atoms with E-state index in [0.717, 1.165) is 5.56 Å². The predicted octanol–water partition coefficient (Wildman–Crippen LogP) is 2.29. The van der Waals surface area contributed by atoms with Gasteiger partial charge in [-0.3, -0.25) is 4.79 Å². The largest absolute Gasteiger partial charge is 0.618 e. The topological polar surface area (TPSA) is 82.9 Å². The number of nitrogens with zero attached hydrogens (tertiary/aromatic N) is 2. The van der Waals surface area contributed by atoms with Crippen molar-refractivity contribution in [1.82, 2.24) is 4.98 Å². The highest BCUT2D eigenvalue weighted by molar-refractivity contribution is 6.30. The fourth-order valence-corrected chi connectivity index (χ4v) is 2.24. The number of hydrogen-bond donors (Lipinski definition) is 1. The molecule has 5 nitrogen and oxygen atoms in total. The van der Waals surface area contributed by atoms with Crippen LogP contribution in [0.1, 0.15) is 10.4 Å². The molecule has 0 fully saturated rings. The predicted molar refractivity (Wildman–Crippen MR) is 79.7 cm³/mol. The molecule has 0 saturated heterocycles. The molecule has 0 saturated carbocycles. The molecule has 3 aromatic rings. The van der Waals surface area contributed by atoms with Gasteiger partial charge in [-0.15, -0.1) is 0 Å². The van der Waals surface area contributed by atoms with Crippen LogP contribution in [0, 0.1) is 5.21 Å². The van der Waals surface area contributed by atoms with Crippen molar-refractivity contribution < 1.29 is 9.52 Å². The summed E-state index contributed by atoms with van der Waals surface area (Å²) in [4.78, 5) is 15.9. The van der Waals surface area contributed by atoms with Crippen molar-refractivity contribution in [2.75, 3.05) is 0 Å². The average molecular weight is 300 g/mol. The number of primary amides is 1. The molecule has 2 N–H and O–H groups in total. The fraction of sp³-hybridized carbons (Fsp3) is 0. The van der Waals surface area contributed by atoms with E-state index in [9.17, 15) is 10.0 Å². The Morgan fingerprint density at radius 1 is 1.19 bits per heavy atom. The van der Waals surface area contributed by atoms with Crippen LogP contribution in [0.25, 0.3) is 22.3 Å². The Morgan fingerprint density at radius 2 is 1.90 bits per heavy atom. The summed E-state index contributed by atoms with van der Waals surface area (Å²) in [6.07, 6.45) is 1.36. The average Bonchev–Trinajstić information content (AvgIpc) is 2.47. The van der Waals surface area contributed by atoms with Crippen molar-refractivity contribution in [2.24, 2.45) is 5.73 Å². The van der Waals surface area contributed by atoms with E-state index in [1.165, 1.54) is 6.20 Å². The third-order valence-electron chi connectivity index (χ3n) is 3.13. The Morgan fingerprint density at radius 3 is 2.57 bits per heavy atom. The van der Waals surface area contributed by atoms with Gasteiger partial charge in [-0.25, -0.2) is 4.98 Å². The van der Waals surface area contributed by atoms with Gasteiger partial charge in [0.1, 0.15) is 11.2 Å². The van der Waals surface area contributed by atoms with Crippen molar-refractivity contribution in [2.45, 2.75) is 0 Å². The van der Waals surface area contributed by atoms with Crippen LogP contribution in [-0.4, -0.2) is 10.9 Å². The zero-order valence-electron chi connectivity index (χ0n) is 10.8. The molecule has 3 rings (SSSR count). The molecule has 0 aliphatic heterocycles. The SMILES string of the molecule is NC(=O)c1cccc2c1nc(-c1ccc(Cl)cc1)c[n+]2[O-]. The molecule has 0 aliphatic rings. The van der Waals surface area contributed by atoms with Crippen LogP contribution >= 0.6 is 11.6 Å². The summed E-state index contributed by atoms with van der Waals surface area (Å²) < 4.78 is 0.679. The highest BCUT2D eigenvalue weighted by Gasteiger charge is 2.16. The minimum atomic E-state index is -0.624. The third-order valence-corrected chi connectivity index (χ3v) is 3.38.